The van der Waals surface area contributed by atoms with Crippen LogP contribution in [0.25, 0.3) is 0 Å². The summed E-state index contributed by atoms with van der Waals surface area (Å²) in [5.74, 6) is 0.585. The molecule has 0 aromatic carbocycles. The lowest BCUT2D eigenvalue weighted by Crippen LogP contribution is -2.42. The van der Waals surface area contributed by atoms with Crippen LogP contribution < -0.4 is 10.1 Å². The average Bonchev–Trinajstić information content (AvgIpc) is 2.92. The van der Waals surface area contributed by atoms with E-state index in [-0.39, 0.29) is 12.1 Å². The predicted molar refractivity (Wildman–Crippen MR) is 85.2 cm³/mol. The Morgan fingerprint density at radius 3 is 2.82 bits per heavy atom. The highest BCUT2D eigenvalue weighted by Gasteiger charge is 2.31. The maximum absolute atomic E-state index is 12.2. The highest BCUT2D eigenvalue weighted by Crippen LogP contribution is 2.21. The van der Waals surface area contributed by atoms with Gasteiger partial charge in [0.05, 0.1) is 25.0 Å². The van der Waals surface area contributed by atoms with Crippen LogP contribution in [0.5, 0.6) is 5.88 Å². The monoisotopic (exact) mass is 307 g/mol. The second kappa shape index (κ2) is 6.85. The summed E-state index contributed by atoms with van der Waals surface area (Å²) < 4.78 is 10.5. The lowest BCUT2D eigenvalue weighted by molar-refractivity contribution is 0.0235. The summed E-state index contributed by atoms with van der Waals surface area (Å²) in [7, 11) is 1.59. The highest BCUT2D eigenvalue weighted by atomic mass is 16.6. The molecule has 2 heterocycles. The van der Waals surface area contributed by atoms with Gasteiger partial charge in [0.2, 0.25) is 5.88 Å². The Labute approximate surface area is 131 Å². The molecule has 1 unspecified atom stereocenters. The number of aromatic nitrogens is 1. The van der Waals surface area contributed by atoms with Crippen molar-refractivity contribution in [3.63, 3.8) is 0 Å². The maximum Gasteiger partial charge on any atom is 0.410 e. The zero-order valence-corrected chi connectivity index (χ0v) is 13.8. The first-order valence-corrected chi connectivity index (χ1v) is 7.62. The van der Waals surface area contributed by atoms with E-state index < -0.39 is 5.60 Å². The van der Waals surface area contributed by atoms with Crippen LogP contribution in [0.4, 0.5) is 10.5 Å². The molecule has 2 rings (SSSR count). The Bertz CT molecular complexity index is 496. The molecule has 6 nitrogen and oxygen atoms in total. The van der Waals surface area contributed by atoms with Crippen LogP contribution in [0.1, 0.15) is 33.6 Å². The number of likely N-dealkylation sites (tertiary alicyclic amines) is 1. The van der Waals surface area contributed by atoms with Crippen LogP contribution in [0.3, 0.4) is 0 Å². The molecule has 1 aliphatic heterocycles. The molecule has 1 amide bonds. The summed E-state index contributed by atoms with van der Waals surface area (Å²) in [5.41, 5.74) is 0.453. The minimum atomic E-state index is -0.461. The van der Waals surface area contributed by atoms with Gasteiger partial charge in [-0.2, -0.15) is 0 Å². The molecule has 0 aliphatic carbocycles. The van der Waals surface area contributed by atoms with Crippen LogP contribution in [0.2, 0.25) is 0 Å². The second-order valence-corrected chi connectivity index (χ2v) is 6.44. The molecule has 1 aromatic rings. The number of methoxy groups -OCH3 is 1. The van der Waals surface area contributed by atoms with Crippen LogP contribution >= 0.6 is 0 Å². The van der Waals surface area contributed by atoms with Gasteiger partial charge in [0.15, 0.2) is 0 Å². The standard InChI is InChI=1S/C16H25N3O3/c1-16(2,3)22-15(20)19-9-5-6-13(19)11-17-12-7-8-14(21-4)18-10-12/h7-8,10,13,17H,5-6,9,11H2,1-4H3. The molecule has 1 saturated heterocycles. The molecule has 0 saturated carbocycles. The lowest BCUT2D eigenvalue weighted by Gasteiger charge is -2.28. The number of carbonyl (C=O) groups is 1. The normalized spacial score (nSPS) is 18.2. The van der Waals surface area contributed by atoms with Gasteiger partial charge < -0.3 is 19.7 Å². The fraction of sp³-hybridized carbons (Fsp3) is 0.625. The first-order valence-electron chi connectivity index (χ1n) is 7.62. The molecular weight excluding hydrogens is 282 g/mol. The SMILES string of the molecule is COc1ccc(NCC2CCCN2C(=O)OC(C)(C)C)cn1. The first-order chi connectivity index (χ1) is 10.4. The molecule has 6 heteroatoms. The summed E-state index contributed by atoms with van der Waals surface area (Å²) >= 11 is 0. The molecular formula is C16H25N3O3. The first kappa shape index (κ1) is 16.4. The molecule has 1 aromatic heterocycles. The summed E-state index contributed by atoms with van der Waals surface area (Å²) in [6.07, 6.45) is 3.48. The summed E-state index contributed by atoms with van der Waals surface area (Å²) in [4.78, 5) is 18.2. The molecule has 1 aliphatic rings. The molecule has 0 bridgehead atoms. The van der Waals surface area contributed by atoms with E-state index in [9.17, 15) is 4.79 Å². The molecule has 122 valence electrons. The van der Waals surface area contributed by atoms with E-state index in [0.717, 1.165) is 25.1 Å². The quantitative estimate of drug-likeness (QED) is 0.926. The Hall–Kier alpha value is -1.98. The molecule has 1 N–H and O–H groups in total. The minimum Gasteiger partial charge on any atom is -0.481 e. The van der Waals surface area contributed by atoms with Crippen molar-refractivity contribution in [3.05, 3.63) is 18.3 Å². The van der Waals surface area contributed by atoms with Gasteiger partial charge in [-0.3, -0.25) is 0 Å². The van der Waals surface area contributed by atoms with Gasteiger partial charge in [0.25, 0.3) is 0 Å². The van der Waals surface area contributed by atoms with E-state index in [1.54, 1.807) is 13.3 Å². The average molecular weight is 307 g/mol. The van der Waals surface area contributed by atoms with Crippen molar-refractivity contribution in [2.24, 2.45) is 0 Å². The van der Waals surface area contributed by atoms with Crippen molar-refractivity contribution in [2.75, 3.05) is 25.5 Å². The third-order valence-corrected chi connectivity index (χ3v) is 3.49. The van der Waals surface area contributed by atoms with Crippen molar-refractivity contribution in [2.45, 2.75) is 45.3 Å². The Kier molecular flexibility index (Phi) is 5.11. The summed E-state index contributed by atoms with van der Waals surface area (Å²) in [6.45, 7) is 7.10. The Morgan fingerprint density at radius 1 is 1.45 bits per heavy atom. The smallest absolute Gasteiger partial charge is 0.410 e. The van der Waals surface area contributed by atoms with E-state index in [0.29, 0.717) is 12.4 Å². The van der Waals surface area contributed by atoms with Crippen LogP contribution in [0, 0.1) is 0 Å². The Morgan fingerprint density at radius 2 is 2.23 bits per heavy atom. The third kappa shape index (κ3) is 4.51. The van der Waals surface area contributed by atoms with Gasteiger partial charge in [0, 0.05) is 19.2 Å². The number of rotatable bonds is 4. The maximum atomic E-state index is 12.2. The summed E-state index contributed by atoms with van der Waals surface area (Å²) in [5, 5.41) is 3.32. The number of pyridine rings is 1. The van der Waals surface area contributed by atoms with E-state index >= 15 is 0 Å². The van der Waals surface area contributed by atoms with Crippen LogP contribution in [0.15, 0.2) is 18.3 Å². The number of nitrogens with zero attached hydrogens (tertiary/aromatic N) is 2. The van der Waals surface area contributed by atoms with Crippen molar-refractivity contribution in [1.82, 2.24) is 9.88 Å². The largest absolute Gasteiger partial charge is 0.481 e. The number of anilines is 1. The van der Waals surface area contributed by atoms with Gasteiger partial charge in [-0.05, 0) is 39.7 Å². The van der Waals surface area contributed by atoms with Gasteiger partial charge >= 0.3 is 6.09 Å². The van der Waals surface area contributed by atoms with E-state index in [1.807, 2.05) is 37.8 Å². The number of amides is 1. The number of hydrogen-bond donors (Lipinski definition) is 1. The van der Waals surface area contributed by atoms with Crippen molar-refractivity contribution in [1.29, 1.82) is 0 Å². The zero-order valence-electron chi connectivity index (χ0n) is 13.8. The van der Waals surface area contributed by atoms with E-state index in [4.69, 9.17) is 9.47 Å². The summed E-state index contributed by atoms with van der Waals surface area (Å²) in [6, 6.07) is 3.87. The van der Waals surface area contributed by atoms with Crippen molar-refractivity contribution >= 4 is 11.8 Å². The minimum absolute atomic E-state index is 0.150. The lowest BCUT2D eigenvalue weighted by atomic mass is 10.2. The molecule has 1 fully saturated rings. The van der Waals surface area contributed by atoms with E-state index in [2.05, 4.69) is 10.3 Å². The zero-order chi connectivity index (χ0) is 16.2. The van der Waals surface area contributed by atoms with Gasteiger partial charge in [0.1, 0.15) is 5.60 Å². The molecule has 0 radical (unpaired) electrons. The van der Waals surface area contributed by atoms with Crippen LogP contribution in [-0.2, 0) is 4.74 Å². The Balaban J connectivity index is 1.89. The fourth-order valence-electron chi connectivity index (χ4n) is 2.45. The van der Waals surface area contributed by atoms with E-state index in [1.165, 1.54) is 0 Å². The number of carbonyl (C=O) groups excluding carboxylic acids is 1. The number of ether oxygens (including phenoxy) is 2. The van der Waals surface area contributed by atoms with Crippen molar-refractivity contribution < 1.29 is 14.3 Å². The predicted octanol–water partition coefficient (Wildman–Crippen LogP) is 2.90. The van der Waals surface area contributed by atoms with Gasteiger partial charge in [-0.15, -0.1) is 0 Å². The molecule has 1 atom stereocenters. The van der Waals surface area contributed by atoms with Crippen LogP contribution in [-0.4, -0.2) is 47.8 Å². The van der Waals surface area contributed by atoms with Gasteiger partial charge in [-0.25, -0.2) is 9.78 Å². The number of hydrogen-bond acceptors (Lipinski definition) is 5. The number of nitrogens with one attached hydrogen (secondary N) is 1. The highest BCUT2D eigenvalue weighted by molar-refractivity contribution is 5.69. The topological polar surface area (TPSA) is 63.7 Å². The second-order valence-electron chi connectivity index (χ2n) is 6.44. The van der Waals surface area contributed by atoms with Gasteiger partial charge in [-0.1, -0.05) is 0 Å². The fourth-order valence-corrected chi connectivity index (χ4v) is 2.45. The van der Waals surface area contributed by atoms with Crippen molar-refractivity contribution in [3.8, 4) is 5.88 Å². The molecule has 22 heavy (non-hydrogen) atoms. The third-order valence-electron chi connectivity index (χ3n) is 3.49. The molecule has 0 spiro atoms.